The van der Waals surface area contributed by atoms with Crippen LogP contribution in [0.25, 0.3) is 0 Å². The molecule has 2 amide bonds. The van der Waals surface area contributed by atoms with Gasteiger partial charge < -0.3 is 15.3 Å². The molecule has 1 aliphatic heterocycles. The molecule has 0 aliphatic carbocycles. The highest BCUT2D eigenvalue weighted by molar-refractivity contribution is 6.30. The lowest BCUT2D eigenvalue weighted by atomic mass is 9.92. The average molecular weight is 283 g/mol. The van der Waals surface area contributed by atoms with Crippen molar-refractivity contribution in [3.63, 3.8) is 0 Å². The summed E-state index contributed by atoms with van der Waals surface area (Å²) in [4.78, 5) is 13.5. The highest BCUT2D eigenvalue weighted by Crippen LogP contribution is 2.28. The molecule has 1 heterocycles. The number of halogens is 1. The van der Waals surface area contributed by atoms with E-state index in [1.807, 2.05) is 31.2 Å². The molecular formula is C14H19ClN2O2. The quantitative estimate of drug-likeness (QED) is 0.890. The lowest BCUT2D eigenvalue weighted by molar-refractivity contribution is 0.135. The van der Waals surface area contributed by atoms with Crippen LogP contribution in [0.4, 0.5) is 4.79 Å². The second kappa shape index (κ2) is 6.26. The summed E-state index contributed by atoms with van der Waals surface area (Å²) >= 11 is 5.95. The molecule has 2 rings (SSSR count). The number of rotatable bonds is 4. The van der Waals surface area contributed by atoms with Crippen molar-refractivity contribution >= 4 is 17.6 Å². The standard InChI is InChI=1S/C14H19ClN2O2/c1-2-13(18)7-16-14(19)17-8-11(9-17)10-4-3-5-12(15)6-10/h3-6,11,13,18H,2,7-9H2,1H3,(H,16,19)/t13-/m1/s1. The van der Waals surface area contributed by atoms with Gasteiger partial charge in [-0.1, -0.05) is 30.7 Å². The molecule has 1 saturated heterocycles. The van der Waals surface area contributed by atoms with E-state index in [0.717, 1.165) is 5.02 Å². The first-order valence-electron chi connectivity index (χ1n) is 6.56. The molecule has 0 unspecified atom stereocenters. The van der Waals surface area contributed by atoms with Gasteiger partial charge in [-0.05, 0) is 24.1 Å². The molecule has 1 aliphatic rings. The molecule has 19 heavy (non-hydrogen) atoms. The van der Waals surface area contributed by atoms with E-state index in [1.54, 1.807) is 4.90 Å². The zero-order valence-corrected chi connectivity index (χ0v) is 11.7. The van der Waals surface area contributed by atoms with Crippen molar-refractivity contribution in [2.24, 2.45) is 0 Å². The number of likely N-dealkylation sites (tertiary alicyclic amines) is 1. The maximum absolute atomic E-state index is 11.8. The number of aliphatic hydroxyl groups excluding tert-OH is 1. The minimum Gasteiger partial charge on any atom is -0.391 e. The molecule has 0 radical (unpaired) electrons. The van der Waals surface area contributed by atoms with Crippen LogP contribution in [0.1, 0.15) is 24.8 Å². The van der Waals surface area contributed by atoms with E-state index in [4.69, 9.17) is 11.6 Å². The van der Waals surface area contributed by atoms with Crippen LogP contribution in [0.2, 0.25) is 5.02 Å². The number of urea groups is 1. The molecule has 1 atom stereocenters. The highest BCUT2D eigenvalue weighted by Gasteiger charge is 2.31. The SMILES string of the molecule is CC[C@@H](O)CNC(=O)N1CC(c2cccc(Cl)c2)C1. The summed E-state index contributed by atoms with van der Waals surface area (Å²) in [7, 11) is 0. The summed E-state index contributed by atoms with van der Waals surface area (Å²) < 4.78 is 0. The molecule has 0 spiro atoms. The van der Waals surface area contributed by atoms with E-state index < -0.39 is 6.10 Å². The first-order chi connectivity index (χ1) is 9.10. The molecule has 1 aromatic rings. The Morgan fingerprint density at radius 2 is 2.32 bits per heavy atom. The number of amides is 2. The van der Waals surface area contributed by atoms with Crippen molar-refractivity contribution in [3.05, 3.63) is 34.9 Å². The summed E-state index contributed by atoms with van der Waals surface area (Å²) in [6, 6.07) is 7.65. The molecule has 0 aromatic heterocycles. The predicted molar refractivity (Wildman–Crippen MR) is 75.5 cm³/mol. The summed E-state index contributed by atoms with van der Waals surface area (Å²) in [6.07, 6.45) is 0.180. The zero-order chi connectivity index (χ0) is 13.8. The average Bonchev–Trinajstić information content (AvgIpc) is 2.34. The molecule has 104 valence electrons. The van der Waals surface area contributed by atoms with Crippen LogP contribution in [0.3, 0.4) is 0 Å². The molecular weight excluding hydrogens is 264 g/mol. The molecule has 2 N–H and O–H groups in total. The van der Waals surface area contributed by atoms with Crippen molar-refractivity contribution in [3.8, 4) is 0 Å². The molecule has 1 fully saturated rings. The van der Waals surface area contributed by atoms with Crippen molar-refractivity contribution in [2.45, 2.75) is 25.4 Å². The first kappa shape index (κ1) is 14.2. The third-order valence-electron chi connectivity index (χ3n) is 3.45. The van der Waals surface area contributed by atoms with Crippen LogP contribution in [-0.2, 0) is 0 Å². The highest BCUT2D eigenvalue weighted by atomic mass is 35.5. The van der Waals surface area contributed by atoms with E-state index in [2.05, 4.69) is 5.32 Å². The molecule has 5 heteroatoms. The van der Waals surface area contributed by atoms with Crippen LogP contribution in [0, 0.1) is 0 Å². The third kappa shape index (κ3) is 3.61. The van der Waals surface area contributed by atoms with Gasteiger partial charge in [0.25, 0.3) is 0 Å². The van der Waals surface area contributed by atoms with Gasteiger partial charge in [0.15, 0.2) is 0 Å². The second-order valence-electron chi connectivity index (χ2n) is 4.91. The van der Waals surface area contributed by atoms with Gasteiger partial charge in [-0.25, -0.2) is 4.79 Å². The van der Waals surface area contributed by atoms with Gasteiger partial charge in [0, 0.05) is 30.6 Å². The summed E-state index contributed by atoms with van der Waals surface area (Å²) in [6.45, 7) is 3.60. The van der Waals surface area contributed by atoms with E-state index in [-0.39, 0.29) is 6.03 Å². The third-order valence-corrected chi connectivity index (χ3v) is 3.68. The van der Waals surface area contributed by atoms with Crippen LogP contribution in [-0.4, -0.2) is 41.8 Å². The number of carbonyl (C=O) groups is 1. The van der Waals surface area contributed by atoms with E-state index in [0.29, 0.717) is 32.0 Å². The minimum absolute atomic E-state index is 0.106. The van der Waals surface area contributed by atoms with E-state index >= 15 is 0 Å². The first-order valence-corrected chi connectivity index (χ1v) is 6.94. The largest absolute Gasteiger partial charge is 0.391 e. The van der Waals surface area contributed by atoms with Gasteiger partial charge in [0.05, 0.1) is 6.10 Å². The molecule has 4 nitrogen and oxygen atoms in total. The maximum atomic E-state index is 11.8. The monoisotopic (exact) mass is 282 g/mol. The van der Waals surface area contributed by atoms with E-state index in [1.165, 1.54) is 5.56 Å². The van der Waals surface area contributed by atoms with Gasteiger partial charge in [-0.15, -0.1) is 0 Å². The van der Waals surface area contributed by atoms with Crippen molar-refractivity contribution in [1.29, 1.82) is 0 Å². The Kier molecular flexibility index (Phi) is 4.66. The topological polar surface area (TPSA) is 52.6 Å². The van der Waals surface area contributed by atoms with Gasteiger partial charge in [0.2, 0.25) is 0 Å². The number of nitrogens with one attached hydrogen (secondary N) is 1. The van der Waals surface area contributed by atoms with Crippen LogP contribution < -0.4 is 5.32 Å². The molecule has 1 aromatic carbocycles. The minimum atomic E-state index is -0.464. The lowest BCUT2D eigenvalue weighted by Gasteiger charge is -2.39. The second-order valence-corrected chi connectivity index (χ2v) is 5.34. The zero-order valence-electron chi connectivity index (χ0n) is 11.0. The van der Waals surface area contributed by atoms with E-state index in [9.17, 15) is 9.90 Å². The Balaban J connectivity index is 1.78. The summed E-state index contributed by atoms with van der Waals surface area (Å²) in [5, 5.41) is 12.8. The number of hydrogen-bond acceptors (Lipinski definition) is 2. The smallest absolute Gasteiger partial charge is 0.317 e. The van der Waals surface area contributed by atoms with Gasteiger partial charge in [0.1, 0.15) is 0 Å². The normalized spacial score (nSPS) is 16.9. The lowest BCUT2D eigenvalue weighted by Crippen LogP contribution is -2.53. The number of benzene rings is 1. The Labute approximate surface area is 118 Å². The van der Waals surface area contributed by atoms with Gasteiger partial charge >= 0.3 is 6.03 Å². The summed E-state index contributed by atoms with van der Waals surface area (Å²) in [5.74, 6) is 0.362. The van der Waals surface area contributed by atoms with Gasteiger partial charge in [-0.3, -0.25) is 0 Å². The predicted octanol–water partition coefficient (Wildman–Crippen LogP) is 2.22. The summed E-state index contributed by atoms with van der Waals surface area (Å²) in [5.41, 5.74) is 1.17. The van der Waals surface area contributed by atoms with Crippen molar-refractivity contribution < 1.29 is 9.90 Å². The molecule has 0 saturated carbocycles. The number of hydrogen-bond donors (Lipinski definition) is 2. The Hall–Kier alpha value is -1.26. The van der Waals surface area contributed by atoms with Crippen LogP contribution in [0.15, 0.2) is 24.3 Å². The number of carbonyl (C=O) groups excluding carboxylic acids is 1. The fourth-order valence-corrected chi connectivity index (χ4v) is 2.28. The van der Waals surface area contributed by atoms with Crippen LogP contribution >= 0.6 is 11.6 Å². The van der Waals surface area contributed by atoms with Crippen LogP contribution in [0.5, 0.6) is 0 Å². The van der Waals surface area contributed by atoms with Crippen molar-refractivity contribution in [1.82, 2.24) is 10.2 Å². The number of aliphatic hydroxyl groups is 1. The Bertz CT molecular complexity index is 447. The van der Waals surface area contributed by atoms with Crippen molar-refractivity contribution in [2.75, 3.05) is 19.6 Å². The maximum Gasteiger partial charge on any atom is 0.317 e. The fourth-order valence-electron chi connectivity index (χ4n) is 2.08. The Morgan fingerprint density at radius 1 is 1.58 bits per heavy atom. The molecule has 0 bridgehead atoms. The Morgan fingerprint density at radius 3 is 2.95 bits per heavy atom. The fraction of sp³-hybridized carbons (Fsp3) is 0.500. The van der Waals surface area contributed by atoms with Gasteiger partial charge in [-0.2, -0.15) is 0 Å². The number of nitrogens with zero attached hydrogens (tertiary/aromatic N) is 1.